The lowest BCUT2D eigenvalue weighted by Crippen LogP contribution is -2.13. The van der Waals surface area contributed by atoms with Crippen molar-refractivity contribution >= 4 is 17.3 Å². The Bertz CT molecular complexity index is 485. The monoisotopic (exact) mass is 293 g/mol. The number of nitrogens with zero attached hydrogens (tertiary/aromatic N) is 1. The van der Waals surface area contributed by atoms with E-state index in [9.17, 15) is 9.90 Å². The molecule has 4 heteroatoms. The van der Waals surface area contributed by atoms with Crippen LogP contribution in [0.4, 0.5) is 0 Å². The molecule has 20 heavy (non-hydrogen) atoms. The lowest BCUT2D eigenvalue weighted by Gasteiger charge is -2.26. The summed E-state index contributed by atoms with van der Waals surface area (Å²) in [6.45, 7) is 2.26. The molecule has 2 saturated carbocycles. The minimum Gasteiger partial charge on any atom is -0.477 e. The number of carbonyl (C=O) groups is 1. The molecule has 1 aromatic heterocycles. The summed E-state index contributed by atoms with van der Waals surface area (Å²) < 4.78 is 0. The zero-order valence-corrected chi connectivity index (χ0v) is 12.9. The summed E-state index contributed by atoms with van der Waals surface area (Å²) >= 11 is 1.45. The summed E-state index contributed by atoms with van der Waals surface area (Å²) in [7, 11) is 0. The molecule has 2 fully saturated rings. The number of carboxylic acids is 1. The van der Waals surface area contributed by atoms with Gasteiger partial charge in [0.1, 0.15) is 4.88 Å². The molecule has 3 rings (SSSR count). The average Bonchev–Trinajstić information content (AvgIpc) is 3.19. The van der Waals surface area contributed by atoms with Gasteiger partial charge in [-0.15, -0.1) is 11.3 Å². The van der Waals surface area contributed by atoms with Gasteiger partial charge in [-0.1, -0.05) is 19.8 Å². The van der Waals surface area contributed by atoms with Crippen molar-refractivity contribution in [2.45, 2.75) is 70.1 Å². The van der Waals surface area contributed by atoms with E-state index in [2.05, 4.69) is 6.92 Å². The van der Waals surface area contributed by atoms with Gasteiger partial charge in [-0.2, -0.15) is 0 Å². The van der Waals surface area contributed by atoms with E-state index < -0.39 is 5.97 Å². The van der Waals surface area contributed by atoms with Crippen molar-refractivity contribution in [3.63, 3.8) is 0 Å². The highest BCUT2D eigenvalue weighted by molar-refractivity contribution is 7.13. The van der Waals surface area contributed by atoms with Crippen molar-refractivity contribution in [2.75, 3.05) is 0 Å². The van der Waals surface area contributed by atoms with E-state index in [1.54, 1.807) is 0 Å². The predicted molar refractivity (Wildman–Crippen MR) is 80.7 cm³/mol. The Kier molecular flexibility index (Phi) is 4.11. The maximum atomic E-state index is 11.4. The zero-order chi connectivity index (χ0) is 14.1. The van der Waals surface area contributed by atoms with Gasteiger partial charge in [0, 0.05) is 11.8 Å². The molecule has 0 aliphatic heterocycles. The Balaban J connectivity index is 1.71. The van der Waals surface area contributed by atoms with Gasteiger partial charge in [0.15, 0.2) is 0 Å². The van der Waals surface area contributed by atoms with E-state index in [0.29, 0.717) is 16.7 Å². The smallest absolute Gasteiger partial charge is 0.347 e. The molecule has 0 unspecified atom stereocenters. The first-order chi connectivity index (χ1) is 9.69. The minimum absolute atomic E-state index is 0.433. The second kappa shape index (κ2) is 5.84. The summed E-state index contributed by atoms with van der Waals surface area (Å²) in [5, 5.41) is 10.4. The summed E-state index contributed by atoms with van der Waals surface area (Å²) in [6, 6.07) is 0. The molecule has 0 atom stereocenters. The molecule has 0 bridgehead atoms. The van der Waals surface area contributed by atoms with Crippen LogP contribution in [-0.4, -0.2) is 16.1 Å². The minimum atomic E-state index is -0.782. The molecule has 2 aliphatic carbocycles. The molecule has 0 radical (unpaired) electrons. The second-order valence-electron chi connectivity index (χ2n) is 6.35. The van der Waals surface area contributed by atoms with Crippen molar-refractivity contribution in [3.05, 3.63) is 15.6 Å². The summed E-state index contributed by atoms with van der Waals surface area (Å²) in [4.78, 5) is 16.6. The van der Waals surface area contributed by atoms with Gasteiger partial charge in [-0.3, -0.25) is 0 Å². The molecule has 110 valence electrons. The Labute approximate surface area is 124 Å². The van der Waals surface area contributed by atoms with Gasteiger partial charge in [0.2, 0.25) is 0 Å². The molecular formula is C16H23NO2S. The summed E-state index contributed by atoms with van der Waals surface area (Å²) in [5.74, 6) is 1.05. The van der Waals surface area contributed by atoms with Crippen LogP contribution in [0.5, 0.6) is 0 Å². The van der Waals surface area contributed by atoms with Crippen LogP contribution in [0.1, 0.15) is 90.5 Å². The second-order valence-corrected chi connectivity index (χ2v) is 7.38. The maximum Gasteiger partial charge on any atom is 0.347 e. The lowest BCUT2D eigenvalue weighted by molar-refractivity contribution is 0.0700. The van der Waals surface area contributed by atoms with Gasteiger partial charge in [0.25, 0.3) is 0 Å². The first-order valence-corrected chi connectivity index (χ1v) is 8.74. The molecule has 0 aromatic carbocycles. The average molecular weight is 293 g/mol. The van der Waals surface area contributed by atoms with Crippen LogP contribution >= 0.6 is 11.3 Å². The van der Waals surface area contributed by atoms with Gasteiger partial charge in [-0.05, 0) is 44.4 Å². The van der Waals surface area contributed by atoms with Crippen LogP contribution < -0.4 is 0 Å². The number of hydrogen-bond donors (Lipinski definition) is 1. The number of thiazole rings is 1. The Hall–Kier alpha value is -0.900. The highest BCUT2D eigenvalue weighted by Gasteiger charge is 2.34. The molecule has 0 spiro atoms. The number of hydrogen-bond acceptors (Lipinski definition) is 3. The van der Waals surface area contributed by atoms with E-state index >= 15 is 0 Å². The van der Waals surface area contributed by atoms with Crippen LogP contribution in [0.25, 0.3) is 0 Å². The SMILES string of the molecule is CCCC1CCC(c2nc(C3CC3)c(C(=O)O)s2)CC1. The van der Waals surface area contributed by atoms with Crippen molar-refractivity contribution in [3.8, 4) is 0 Å². The predicted octanol–water partition coefficient (Wildman–Crippen LogP) is 4.79. The van der Waals surface area contributed by atoms with Crippen LogP contribution in [-0.2, 0) is 0 Å². The van der Waals surface area contributed by atoms with Gasteiger partial charge >= 0.3 is 5.97 Å². The summed E-state index contributed by atoms with van der Waals surface area (Å²) in [5.41, 5.74) is 0.883. The quantitative estimate of drug-likeness (QED) is 0.849. The number of rotatable bonds is 5. The van der Waals surface area contributed by atoms with Crippen molar-refractivity contribution in [1.82, 2.24) is 4.98 Å². The van der Waals surface area contributed by atoms with Crippen molar-refractivity contribution in [2.24, 2.45) is 5.92 Å². The highest BCUT2D eigenvalue weighted by atomic mass is 32.1. The van der Waals surface area contributed by atoms with Gasteiger partial charge in [0.05, 0.1) is 10.7 Å². The fourth-order valence-electron chi connectivity index (χ4n) is 3.42. The molecule has 0 saturated heterocycles. The first kappa shape index (κ1) is 14.1. The van der Waals surface area contributed by atoms with Crippen LogP contribution in [0.2, 0.25) is 0 Å². The Morgan fingerprint density at radius 2 is 1.85 bits per heavy atom. The zero-order valence-electron chi connectivity index (χ0n) is 12.1. The molecule has 1 heterocycles. The van der Waals surface area contributed by atoms with Crippen LogP contribution in [0, 0.1) is 5.92 Å². The lowest BCUT2D eigenvalue weighted by atomic mass is 9.80. The maximum absolute atomic E-state index is 11.4. The third-order valence-electron chi connectivity index (χ3n) is 4.72. The van der Waals surface area contributed by atoms with Crippen molar-refractivity contribution < 1.29 is 9.90 Å². The molecule has 3 nitrogen and oxygen atoms in total. The normalized spacial score (nSPS) is 26.6. The molecule has 1 aromatic rings. The standard InChI is InChI=1S/C16H23NO2S/c1-2-3-10-4-6-12(7-5-10)15-17-13(11-8-9-11)14(20-15)16(18)19/h10-12H,2-9H2,1H3,(H,18,19). The van der Waals surface area contributed by atoms with Crippen molar-refractivity contribution in [1.29, 1.82) is 0 Å². The number of aromatic nitrogens is 1. The van der Waals surface area contributed by atoms with E-state index in [0.717, 1.165) is 29.5 Å². The third kappa shape index (κ3) is 2.90. The molecule has 1 N–H and O–H groups in total. The van der Waals surface area contributed by atoms with E-state index in [1.165, 1.54) is 49.9 Å². The molecule has 0 amide bonds. The fourth-order valence-corrected chi connectivity index (χ4v) is 4.58. The van der Waals surface area contributed by atoms with Crippen LogP contribution in [0.3, 0.4) is 0 Å². The van der Waals surface area contributed by atoms with E-state index in [1.807, 2.05) is 0 Å². The summed E-state index contributed by atoms with van der Waals surface area (Å²) in [6.07, 6.45) is 9.83. The fraction of sp³-hybridized carbons (Fsp3) is 0.750. The number of aromatic carboxylic acids is 1. The Morgan fingerprint density at radius 1 is 1.20 bits per heavy atom. The van der Waals surface area contributed by atoms with Gasteiger partial charge in [-0.25, -0.2) is 9.78 Å². The topological polar surface area (TPSA) is 50.2 Å². The highest BCUT2D eigenvalue weighted by Crippen LogP contribution is 2.45. The Morgan fingerprint density at radius 3 is 2.40 bits per heavy atom. The largest absolute Gasteiger partial charge is 0.477 e. The third-order valence-corrected chi connectivity index (χ3v) is 5.94. The van der Waals surface area contributed by atoms with Crippen LogP contribution in [0.15, 0.2) is 0 Å². The van der Waals surface area contributed by atoms with E-state index in [4.69, 9.17) is 4.98 Å². The molecular weight excluding hydrogens is 270 g/mol. The van der Waals surface area contributed by atoms with Gasteiger partial charge < -0.3 is 5.11 Å². The molecule has 2 aliphatic rings. The first-order valence-electron chi connectivity index (χ1n) is 7.93. The number of carboxylic acid groups (broad SMARTS) is 1. The van der Waals surface area contributed by atoms with E-state index in [-0.39, 0.29) is 0 Å².